The molecule has 1 aromatic heterocycles. The molecule has 0 atom stereocenters. The second-order valence-electron chi connectivity index (χ2n) is 7.60. The first kappa shape index (κ1) is 23.8. The van der Waals surface area contributed by atoms with Gasteiger partial charge in [-0.15, -0.1) is 5.11 Å². The van der Waals surface area contributed by atoms with E-state index in [4.69, 9.17) is 4.74 Å². The predicted molar refractivity (Wildman–Crippen MR) is 126 cm³/mol. The van der Waals surface area contributed by atoms with Crippen molar-refractivity contribution in [1.29, 1.82) is 0 Å². The first-order valence-corrected chi connectivity index (χ1v) is 11.2. The van der Waals surface area contributed by atoms with Crippen molar-refractivity contribution in [1.82, 2.24) is 9.78 Å². The smallest absolute Gasteiger partial charge is 0.299 e. The highest BCUT2D eigenvalue weighted by Crippen LogP contribution is 2.22. The number of benzene rings is 2. The highest BCUT2D eigenvalue weighted by atomic mass is 16.5. The lowest BCUT2D eigenvalue weighted by molar-refractivity contribution is -0.104. The number of ether oxygens (including phenoxy) is 1. The van der Waals surface area contributed by atoms with Crippen LogP contribution in [0.15, 0.2) is 69.6 Å². The lowest BCUT2D eigenvalue weighted by atomic mass is 10.1. The lowest BCUT2D eigenvalue weighted by Gasteiger charge is -2.06. The van der Waals surface area contributed by atoms with E-state index in [1.54, 1.807) is 54.6 Å². The fraction of sp³-hybridized carbons (Fsp3) is 0.320. The average molecular weight is 449 g/mol. The second kappa shape index (κ2) is 12.3. The number of aromatic amines is 1. The molecule has 0 bridgehead atoms. The maximum Gasteiger partial charge on any atom is 0.299 e. The summed E-state index contributed by atoms with van der Waals surface area (Å²) in [6.45, 7) is 2.86. The Morgan fingerprint density at radius 1 is 0.970 bits per heavy atom. The summed E-state index contributed by atoms with van der Waals surface area (Å²) in [6, 6.07) is 15.7. The summed E-state index contributed by atoms with van der Waals surface area (Å²) in [5.74, 6) is -0.151. The number of para-hydroxylation sites is 1. The van der Waals surface area contributed by atoms with E-state index in [1.807, 2.05) is 0 Å². The van der Waals surface area contributed by atoms with Gasteiger partial charge in [-0.25, -0.2) is 4.68 Å². The maximum absolute atomic E-state index is 12.8. The normalized spacial score (nSPS) is 11.1. The molecule has 8 heteroatoms. The second-order valence-corrected chi connectivity index (χ2v) is 7.60. The topological polar surface area (TPSA) is 106 Å². The fourth-order valence-corrected chi connectivity index (χ4v) is 3.30. The van der Waals surface area contributed by atoms with Gasteiger partial charge in [0.1, 0.15) is 11.4 Å². The first-order chi connectivity index (χ1) is 16.1. The third-order valence-corrected chi connectivity index (χ3v) is 5.10. The number of aldehydes is 1. The standard InChI is InChI=1S/C25H28N4O4/c1-2-3-4-5-6-10-17-33-21-15-13-19(14-16-21)26-27-24-23(22(31)18-30)28-29(25(24)32)20-11-8-7-9-12-20/h7-9,11-16,18,28H,2-6,10,17H2,1H3. The van der Waals surface area contributed by atoms with E-state index in [1.165, 1.54) is 25.7 Å². The molecule has 0 saturated heterocycles. The van der Waals surface area contributed by atoms with E-state index in [9.17, 15) is 14.4 Å². The highest BCUT2D eigenvalue weighted by molar-refractivity contribution is 6.33. The molecule has 0 fully saturated rings. The molecule has 0 amide bonds. The Morgan fingerprint density at radius 3 is 2.36 bits per heavy atom. The molecule has 3 aromatic rings. The van der Waals surface area contributed by atoms with E-state index < -0.39 is 11.3 Å². The van der Waals surface area contributed by atoms with Gasteiger partial charge in [0.05, 0.1) is 18.0 Å². The van der Waals surface area contributed by atoms with Gasteiger partial charge in [0.15, 0.2) is 12.0 Å². The molecule has 33 heavy (non-hydrogen) atoms. The molecular weight excluding hydrogens is 420 g/mol. The number of rotatable bonds is 13. The number of ketones is 1. The van der Waals surface area contributed by atoms with Crippen molar-refractivity contribution in [3.05, 3.63) is 70.6 Å². The predicted octanol–water partition coefficient (Wildman–Crippen LogP) is 5.70. The lowest BCUT2D eigenvalue weighted by Crippen LogP contribution is -2.13. The zero-order valence-corrected chi connectivity index (χ0v) is 18.7. The van der Waals surface area contributed by atoms with E-state index in [0.717, 1.165) is 23.3 Å². The molecule has 0 radical (unpaired) electrons. The van der Waals surface area contributed by atoms with Gasteiger partial charge in [0, 0.05) is 0 Å². The van der Waals surface area contributed by atoms with Crippen LogP contribution in [0.25, 0.3) is 5.69 Å². The molecule has 3 rings (SSSR count). The molecule has 0 spiro atoms. The minimum Gasteiger partial charge on any atom is -0.494 e. The van der Waals surface area contributed by atoms with E-state index in [-0.39, 0.29) is 17.7 Å². The number of nitrogens with one attached hydrogen (secondary N) is 1. The van der Waals surface area contributed by atoms with E-state index in [2.05, 4.69) is 22.3 Å². The number of aromatic nitrogens is 2. The summed E-state index contributed by atoms with van der Waals surface area (Å²) in [5.41, 5.74) is -0.0103. The van der Waals surface area contributed by atoms with Crippen molar-refractivity contribution in [2.45, 2.75) is 45.4 Å². The van der Waals surface area contributed by atoms with Crippen molar-refractivity contribution >= 4 is 23.4 Å². The Hall–Kier alpha value is -3.81. The Balaban J connectivity index is 1.68. The van der Waals surface area contributed by atoms with Crippen LogP contribution >= 0.6 is 0 Å². The minimum absolute atomic E-state index is 0.134. The van der Waals surface area contributed by atoms with Gasteiger partial charge in [0.25, 0.3) is 5.56 Å². The molecule has 0 aliphatic rings. The van der Waals surface area contributed by atoms with Gasteiger partial charge < -0.3 is 4.74 Å². The zero-order chi connectivity index (χ0) is 23.5. The number of Topliss-reactive ketones (excluding diaryl/α,β-unsaturated/α-hetero) is 1. The first-order valence-electron chi connectivity index (χ1n) is 11.2. The average Bonchev–Trinajstić information content (AvgIpc) is 3.19. The van der Waals surface area contributed by atoms with Crippen molar-refractivity contribution in [3.8, 4) is 11.4 Å². The third kappa shape index (κ3) is 6.58. The van der Waals surface area contributed by atoms with Crippen LogP contribution in [0.2, 0.25) is 0 Å². The molecule has 1 heterocycles. The molecular formula is C25H28N4O4. The van der Waals surface area contributed by atoms with Crippen LogP contribution in [0.3, 0.4) is 0 Å². The van der Waals surface area contributed by atoms with Gasteiger partial charge in [0.2, 0.25) is 5.78 Å². The summed E-state index contributed by atoms with van der Waals surface area (Å²) in [7, 11) is 0. The van der Waals surface area contributed by atoms with Gasteiger partial charge in [-0.2, -0.15) is 5.11 Å². The van der Waals surface area contributed by atoms with Crippen LogP contribution in [0.1, 0.15) is 55.9 Å². The van der Waals surface area contributed by atoms with Crippen molar-refractivity contribution in [2.24, 2.45) is 10.2 Å². The van der Waals surface area contributed by atoms with Crippen molar-refractivity contribution in [2.75, 3.05) is 6.61 Å². The van der Waals surface area contributed by atoms with Gasteiger partial charge >= 0.3 is 0 Å². The SMILES string of the molecule is CCCCCCCCOc1ccc(N=Nc2c(C(=O)C=O)[nH]n(-c3ccccc3)c2=O)cc1. The number of carbonyl (C=O) groups excluding carboxylic acids is 2. The zero-order valence-electron chi connectivity index (χ0n) is 18.7. The molecule has 172 valence electrons. The van der Waals surface area contributed by atoms with Gasteiger partial charge in [-0.05, 0) is 42.8 Å². The number of nitrogens with zero attached hydrogens (tertiary/aromatic N) is 3. The summed E-state index contributed by atoms with van der Waals surface area (Å²) in [5, 5.41) is 10.7. The number of unbranched alkanes of at least 4 members (excludes halogenated alkanes) is 5. The molecule has 0 aliphatic heterocycles. The third-order valence-electron chi connectivity index (χ3n) is 5.10. The summed E-state index contributed by atoms with van der Waals surface area (Å²) < 4.78 is 6.91. The Kier molecular flexibility index (Phi) is 8.88. The molecule has 0 saturated carbocycles. The van der Waals surface area contributed by atoms with Gasteiger partial charge in [-0.1, -0.05) is 57.2 Å². The van der Waals surface area contributed by atoms with Crippen LogP contribution in [0, 0.1) is 0 Å². The van der Waals surface area contributed by atoms with Crippen LogP contribution in [-0.4, -0.2) is 28.5 Å². The molecule has 0 unspecified atom stereocenters. The van der Waals surface area contributed by atoms with E-state index >= 15 is 0 Å². The van der Waals surface area contributed by atoms with Crippen LogP contribution in [0.5, 0.6) is 5.75 Å². The molecule has 8 nitrogen and oxygen atoms in total. The monoisotopic (exact) mass is 448 g/mol. The van der Waals surface area contributed by atoms with Crippen LogP contribution < -0.4 is 10.3 Å². The summed E-state index contributed by atoms with van der Waals surface area (Å²) in [4.78, 5) is 35.9. The number of azo groups is 1. The summed E-state index contributed by atoms with van der Waals surface area (Å²) in [6.07, 6.45) is 7.33. The Labute approximate surface area is 192 Å². The maximum atomic E-state index is 12.8. The minimum atomic E-state index is -0.880. The number of carbonyl (C=O) groups is 2. The number of hydrogen-bond acceptors (Lipinski definition) is 6. The Bertz CT molecular complexity index is 1130. The Morgan fingerprint density at radius 2 is 1.67 bits per heavy atom. The highest BCUT2D eigenvalue weighted by Gasteiger charge is 2.20. The molecule has 2 aromatic carbocycles. The van der Waals surface area contributed by atoms with Crippen molar-refractivity contribution in [3.63, 3.8) is 0 Å². The van der Waals surface area contributed by atoms with Crippen LogP contribution in [-0.2, 0) is 4.79 Å². The fourth-order valence-electron chi connectivity index (χ4n) is 3.30. The number of H-pyrrole nitrogens is 1. The molecule has 1 N–H and O–H groups in total. The number of hydrogen-bond donors (Lipinski definition) is 1. The largest absolute Gasteiger partial charge is 0.494 e. The quantitative estimate of drug-likeness (QED) is 0.119. The van der Waals surface area contributed by atoms with Crippen LogP contribution in [0.4, 0.5) is 11.4 Å². The van der Waals surface area contributed by atoms with Crippen molar-refractivity contribution < 1.29 is 14.3 Å². The van der Waals surface area contributed by atoms with E-state index in [0.29, 0.717) is 18.0 Å². The molecule has 0 aliphatic carbocycles. The summed E-state index contributed by atoms with van der Waals surface area (Å²) >= 11 is 0. The van der Waals surface area contributed by atoms with Gasteiger partial charge in [-0.3, -0.25) is 19.5 Å².